The fraction of sp³-hybridized carbons (Fsp3) is 0.0577. The molecule has 0 N–H and O–H groups in total. The molecule has 2 aliphatic rings. The molecule has 0 unspecified atom stereocenters. The lowest BCUT2D eigenvalue weighted by Crippen LogP contribution is -2.15. The quantitative estimate of drug-likeness (QED) is 0.122. The molecule has 2 aromatic heterocycles. The molecular formula is C104H72N2O2. The molecular weight excluding hydrogens is 1310 g/mol. The van der Waals surface area contributed by atoms with Crippen molar-refractivity contribution in [2.24, 2.45) is 0 Å². The molecule has 0 radical (unpaired) electrons. The zero-order valence-electron chi connectivity index (χ0n) is 60.4. The number of rotatable bonds is 12. The molecule has 108 heavy (non-hydrogen) atoms. The minimum atomic E-state index is -0.335. The van der Waals surface area contributed by atoms with Crippen LogP contribution in [0.5, 0.6) is 0 Å². The molecule has 0 bridgehead atoms. The van der Waals surface area contributed by atoms with Crippen molar-refractivity contribution >= 4 is 99.5 Å². The summed E-state index contributed by atoms with van der Waals surface area (Å²) in [7, 11) is 0. The minimum absolute atomic E-state index is 0.170. The highest BCUT2D eigenvalue weighted by Gasteiger charge is 2.40. The van der Waals surface area contributed by atoms with Crippen molar-refractivity contribution < 1.29 is 8.83 Å². The Labute approximate surface area is 627 Å². The topological polar surface area (TPSA) is 32.8 Å². The van der Waals surface area contributed by atoms with Gasteiger partial charge in [0, 0.05) is 65.6 Å². The summed E-state index contributed by atoms with van der Waals surface area (Å²) in [5, 5.41) is 9.09. The zero-order chi connectivity index (χ0) is 71.9. The van der Waals surface area contributed by atoms with Crippen molar-refractivity contribution in [1.82, 2.24) is 0 Å². The van der Waals surface area contributed by atoms with Crippen LogP contribution < -0.4 is 9.80 Å². The number of fused-ring (bicyclic) bond motifs is 14. The molecule has 4 nitrogen and oxygen atoms in total. The maximum absolute atomic E-state index is 7.14. The Kier molecular flexibility index (Phi) is 14.3. The first kappa shape index (κ1) is 63.0. The first-order valence-corrected chi connectivity index (χ1v) is 37.5. The molecule has 0 spiro atoms. The fourth-order valence-electron chi connectivity index (χ4n) is 18.5. The molecule has 19 aromatic rings. The van der Waals surface area contributed by atoms with Crippen LogP contribution >= 0.6 is 0 Å². The van der Waals surface area contributed by atoms with E-state index in [-0.39, 0.29) is 10.8 Å². The van der Waals surface area contributed by atoms with E-state index in [0.29, 0.717) is 0 Å². The highest BCUT2D eigenvalue weighted by molar-refractivity contribution is 6.17. The van der Waals surface area contributed by atoms with Crippen molar-refractivity contribution in [3.8, 4) is 89.0 Å². The number of para-hydroxylation sites is 6. The second-order valence-electron chi connectivity index (χ2n) is 30.1. The van der Waals surface area contributed by atoms with Crippen LogP contribution in [-0.2, 0) is 10.8 Å². The van der Waals surface area contributed by atoms with Gasteiger partial charge in [-0.1, -0.05) is 319 Å². The van der Waals surface area contributed by atoms with Gasteiger partial charge in [0.25, 0.3) is 0 Å². The van der Waals surface area contributed by atoms with E-state index in [2.05, 4.69) is 395 Å². The maximum atomic E-state index is 7.14. The van der Waals surface area contributed by atoms with Crippen molar-refractivity contribution in [2.45, 2.75) is 38.5 Å². The summed E-state index contributed by atoms with van der Waals surface area (Å²) >= 11 is 0. The van der Waals surface area contributed by atoms with Crippen LogP contribution in [0.4, 0.5) is 34.1 Å². The van der Waals surface area contributed by atoms with Crippen molar-refractivity contribution in [1.29, 1.82) is 0 Å². The predicted octanol–water partition coefficient (Wildman–Crippen LogP) is 29.3. The second-order valence-corrected chi connectivity index (χ2v) is 30.1. The molecule has 4 heteroatoms. The van der Waals surface area contributed by atoms with Crippen LogP contribution in [0.3, 0.4) is 0 Å². The third kappa shape index (κ3) is 9.63. The molecule has 510 valence electrons. The predicted molar refractivity (Wildman–Crippen MR) is 453 cm³/mol. The lowest BCUT2D eigenvalue weighted by Gasteiger charge is -2.32. The second kappa shape index (κ2) is 24.5. The Morgan fingerprint density at radius 3 is 1.13 bits per heavy atom. The minimum Gasteiger partial charge on any atom is -0.456 e. The van der Waals surface area contributed by atoms with E-state index in [4.69, 9.17) is 8.83 Å². The lowest BCUT2D eigenvalue weighted by molar-refractivity contribution is 0.660. The summed E-state index contributed by atoms with van der Waals surface area (Å²) in [5.41, 5.74) is 33.4. The van der Waals surface area contributed by atoms with E-state index in [0.717, 1.165) is 133 Å². The summed E-state index contributed by atoms with van der Waals surface area (Å²) < 4.78 is 13.7. The van der Waals surface area contributed by atoms with Crippen molar-refractivity contribution in [3.05, 3.63) is 386 Å². The number of benzene rings is 17. The van der Waals surface area contributed by atoms with Crippen LogP contribution in [0.25, 0.3) is 154 Å². The average Bonchev–Trinajstić information content (AvgIpc) is 1.22. The smallest absolute Gasteiger partial charge is 0.136 e. The Bertz CT molecular complexity index is 6910. The molecule has 2 aliphatic carbocycles. The SMILES string of the molecule is CC1(C)c2ccccc2-c2c(-c3ccccc3N(c3ccccc3-c3cccc4ccccc34)c3ccccc3-c3cccc4oc5cc(-c6ccc7c(c6)C(C)(C)c6cccc(-c8ccccc8N(c8ccccc8-c8cccc9oc%10ccccc%10c89)c8cccc9ccccc89)c6-7)ccc5c34)cccc21. The largest absolute Gasteiger partial charge is 0.456 e. The normalized spacial score (nSPS) is 13.1. The lowest BCUT2D eigenvalue weighted by atomic mass is 9.81. The summed E-state index contributed by atoms with van der Waals surface area (Å²) in [5.74, 6) is 0. The molecule has 0 aliphatic heterocycles. The highest BCUT2D eigenvalue weighted by atomic mass is 16.3. The van der Waals surface area contributed by atoms with E-state index >= 15 is 0 Å². The van der Waals surface area contributed by atoms with Gasteiger partial charge in [0.15, 0.2) is 0 Å². The monoisotopic (exact) mass is 1380 g/mol. The number of furan rings is 2. The van der Waals surface area contributed by atoms with Gasteiger partial charge < -0.3 is 18.6 Å². The zero-order valence-corrected chi connectivity index (χ0v) is 60.4. The molecule has 17 aromatic carbocycles. The molecule has 0 saturated carbocycles. The Morgan fingerprint density at radius 2 is 0.537 bits per heavy atom. The van der Waals surface area contributed by atoms with Gasteiger partial charge in [-0.15, -0.1) is 0 Å². The number of nitrogens with zero attached hydrogens (tertiary/aromatic N) is 2. The third-order valence-corrected chi connectivity index (χ3v) is 23.5. The van der Waals surface area contributed by atoms with Crippen LogP contribution in [0.15, 0.2) is 373 Å². The van der Waals surface area contributed by atoms with Crippen LogP contribution in [-0.4, -0.2) is 0 Å². The van der Waals surface area contributed by atoms with Gasteiger partial charge in [0.1, 0.15) is 22.3 Å². The Hall–Kier alpha value is -13.5. The van der Waals surface area contributed by atoms with Gasteiger partial charge >= 0.3 is 0 Å². The standard InChI is InChI=1S/C104H72N2O2/c1-103(2)85-47-16-9-40-81(85)99-77(43-25-48-86(99)103)73-36-12-19-52-92(73)106(90-50-17-10-35-72(90)71-42-23-31-65-29-5-7-33-69(65)71)94-54-21-14-39-76(94)80-46-28-58-97-102(80)84-62-60-68(64-98(84)108-97)67-59-61-82-88(63-67)104(3,4)87-49-26-44-78(100(82)87)74-37-11-18-51-91(74)105(89-55-24-32-66-30-6-8-34-70(66)89)93-53-20-13-38-75(93)79-45-27-57-96-101(79)83-41-15-22-56-95(83)107-96/h5-64H,1-4H3. The van der Waals surface area contributed by atoms with Crippen molar-refractivity contribution in [3.63, 3.8) is 0 Å². The first-order chi connectivity index (χ1) is 53.1. The van der Waals surface area contributed by atoms with Gasteiger partial charge in [0.2, 0.25) is 0 Å². The van der Waals surface area contributed by atoms with Gasteiger partial charge in [-0.05, 0) is 172 Å². The molecule has 0 atom stereocenters. The fourth-order valence-corrected chi connectivity index (χ4v) is 18.5. The van der Waals surface area contributed by atoms with E-state index in [1.807, 2.05) is 6.07 Å². The summed E-state index contributed by atoms with van der Waals surface area (Å²) in [6.45, 7) is 9.53. The van der Waals surface area contributed by atoms with E-state index in [1.54, 1.807) is 0 Å². The highest BCUT2D eigenvalue weighted by Crippen LogP contribution is 2.59. The van der Waals surface area contributed by atoms with E-state index in [1.165, 1.54) is 77.4 Å². The van der Waals surface area contributed by atoms with Crippen LogP contribution in [0.1, 0.15) is 49.9 Å². The number of anilines is 6. The Morgan fingerprint density at radius 1 is 0.204 bits per heavy atom. The summed E-state index contributed by atoms with van der Waals surface area (Å²) in [4.78, 5) is 5.04. The third-order valence-electron chi connectivity index (χ3n) is 23.5. The van der Waals surface area contributed by atoms with Crippen LogP contribution in [0.2, 0.25) is 0 Å². The van der Waals surface area contributed by atoms with Gasteiger partial charge in [-0.2, -0.15) is 0 Å². The average molecular weight is 1380 g/mol. The number of hydrogen-bond acceptors (Lipinski definition) is 4. The molecule has 0 saturated heterocycles. The van der Waals surface area contributed by atoms with Crippen LogP contribution in [0, 0.1) is 0 Å². The van der Waals surface area contributed by atoms with Gasteiger partial charge in [-0.25, -0.2) is 0 Å². The van der Waals surface area contributed by atoms with E-state index < -0.39 is 0 Å². The molecule has 21 rings (SSSR count). The molecule has 0 fully saturated rings. The van der Waals surface area contributed by atoms with Gasteiger partial charge in [0.05, 0.1) is 34.1 Å². The summed E-state index contributed by atoms with van der Waals surface area (Å²) in [6.07, 6.45) is 0. The number of hydrogen-bond donors (Lipinski definition) is 0. The van der Waals surface area contributed by atoms with Crippen molar-refractivity contribution in [2.75, 3.05) is 9.80 Å². The Balaban J connectivity index is 0.692. The van der Waals surface area contributed by atoms with E-state index in [9.17, 15) is 0 Å². The molecule has 0 amide bonds. The summed E-state index contributed by atoms with van der Waals surface area (Å²) in [6, 6.07) is 134. The van der Waals surface area contributed by atoms with Gasteiger partial charge in [-0.3, -0.25) is 0 Å². The first-order valence-electron chi connectivity index (χ1n) is 37.5. The molecule has 2 heterocycles. The maximum Gasteiger partial charge on any atom is 0.136 e.